The molecule has 2 saturated heterocycles. The lowest BCUT2D eigenvalue weighted by Gasteiger charge is -2.27. The van der Waals surface area contributed by atoms with Gasteiger partial charge in [-0.05, 0) is 37.1 Å². The predicted molar refractivity (Wildman–Crippen MR) is 90.7 cm³/mol. The molecule has 0 unspecified atom stereocenters. The Labute approximate surface area is 141 Å². The molecular formula is C17H24N4O3. The molecule has 2 fully saturated rings. The van der Waals surface area contributed by atoms with Gasteiger partial charge in [-0.15, -0.1) is 0 Å². The molecule has 0 bridgehead atoms. The van der Waals surface area contributed by atoms with Crippen LogP contribution in [0.1, 0.15) is 17.5 Å². The molecule has 1 atom stereocenters. The van der Waals surface area contributed by atoms with Crippen LogP contribution < -0.4 is 15.6 Å². The van der Waals surface area contributed by atoms with Gasteiger partial charge in [0.05, 0.1) is 19.3 Å². The van der Waals surface area contributed by atoms with E-state index >= 15 is 0 Å². The summed E-state index contributed by atoms with van der Waals surface area (Å²) in [6, 6.07) is 5.54. The van der Waals surface area contributed by atoms with Gasteiger partial charge in [0.15, 0.2) is 0 Å². The van der Waals surface area contributed by atoms with Gasteiger partial charge in [0.2, 0.25) is 5.91 Å². The van der Waals surface area contributed by atoms with E-state index < -0.39 is 0 Å². The third-order valence-corrected chi connectivity index (χ3v) is 4.53. The minimum absolute atomic E-state index is 0.0370. The maximum absolute atomic E-state index is 12.3. The fourth-order valence-electron chi connectivity index (χ4n) is 2.98. The van der Waals surface area contributed by atoms with E-state index in [1.54, 1.807) is 4.90 Å². The van der Waals surface area contributed by atoms with Gasteiger partial charge in [-0.25, -0.2) is 9.80 Å². The highest BCUT2D eigenvalue weighted by Gasteiger charge is 2.32. The molecule has 7 heteroatoms. The van der Waals surface area contributed by atoms with Crippen LogP contribution in [0.5, 0.6) is 0 Å². The van der Waals surface area contributed by atoms with E-state index in [9.17, 15) is 9.59 Å². The fourth-order valence-corrected chi connectivity index (χ4v) is 2.98. The molecule has 3 rings (SSSR count). The monoisotopic (exact) mass is 332 g/mol. The van der Waals surface area contributed by atoms with Gasteiger partial charge in [0.1, 0.15) is 0 Å². The number of rotatable bonds is 3. The molecule has 0 spiro atoms. The number of amides is 3. The molecule has 2 aliphatic rings. The first-order chi connectivity index (χ1) is 11.5. The second-order valence-electron chi connectivity index (χ2n) is 6.36. The first-order valence-electron chi connectivity index (χ1n) is 8.30. The second-order valence-corrected chi connectivity index (χ2v) is 6.36. The highest BCUT2D eigenvalue weighted by molar-refractivity contribution is 5.96. The number of carbonyl (C=O) groups is 2. The number of morpholine rings is 1. The van der Waals surface area contributed by atoms with Crippen molar-refractivity contribution < 1.29 is 14.3 Å². The number of anilines is 1. The van der Waals surface area contributed by atoms with Crippen LogP contribution in [-0.4, -0.2) is 55.8 Å². The molecule has 0 aromatic heterocycles. The number of hydrazine groups is 1. The fraction of sp³-hybridized carbons (Fsp3) is 0.529. The van der Waals surface area contributed by atoms with Crippen molar-refractivity contribution in [3.8, 4) is 0 Å². The Bertz CT molecular complexity index is 628. The van der Waals surface area contributed by atoms with Crippen molar-refractivity contribution in [2.24, 2.45) is 0 Å². The maximum Gasteiger partial charge on any atom is 0.329 e. The summed E-state index contributed by atoms with van der Waals surface area (Å²) in [5, 5.41) is 4.72. The maximum atomic E-state index is 12.3. The zero-order chi connectivity index (χ0) is 17.1. The van der Waals surface area contributed by atoms with Gasteiger partial charge in [0.25, 0.3) is 0 Å². The van der Waals surface area contributed by atoms with Crippen molar-refractivity contribution in [2.45, 2.75) is 26.3 Å². The van der Waals surface area contributed by atoms with Crippen LogP contribution in [-0.2, 0) is 9.53 Å². The van der Waals surface area contributed by atoms with Crippen LogP contribution in [0.2, 0.25) is 0 Å². The molecular weight excluding hydrogens is 308 g/mol. The summed E-state index contributed by atoms with van der Waals surface area (Å²) in [5.41, 5.74) is 6.05. The van der Waals surface area contributed by atoms with Gasteiger partial charge in [-0.1, -0.05) is 6.07 Å². The van der Waals surface area contributed by atoms with E-state index in [1.165, 1.54) is 5.56 Å². The van der Waals surface area contributed by atoms with Crippen LogP contribution in [0.4, 0.5) is 10.5 Å². The first kappa shape index (κ1) is 16.7. The minimum atomic E-state index is -0.267. The van der Waals surface area contributed by atoms with E-state index in [4.69, 9.17) is 4.74 Å². The molecule has 24 heavy (non-hydrogen) atoms. The van der Waals surface area contributed by atoms with Crippen molar-refractivity contribution in [1.82, 2.24) is 15.8 Å². The molecule has 130 valence electrons. The Morgan fingerprint density at radius 2 is 1.96 bits per heavy atom. The number of aryl methyl sites for hydroxylation is 2. The zero-order valence-electron chi connectivity index (χ0n) is 14.2. The zero-order valence-corrected chi connectivity index (χ0v) is 14.2. The van der Waals surface area contributed by atoms with E-state index in [-0.39, 0.29) is 18.0 Å². The van der Waals surface area contributed by atoms with Gasteiger partial charge in [-0.2, -0.15) is 0 Å². The summed E-state index contributed by atoms with van der Waals surface area (Å²) in [6.07, 6.45) is 0.323. The van der Waals surface area contributed by atoms with Gasteiger partial charge in [-0.3, -0.25) is 10.2 Å². The van der Waals surface area contributed by atoms with Crippen LogP contribution in [0.15, 0.2) is 18.2 Å². The molecule has 3 amide bonds. The average Bonchev–Trinajstić information content (AvgIpc) is 2.91. The summed E-state index contributed by atoms with van der Waals surface area (Å²) in [6.45, 7) is 7.15. The Hall–Kier alpha value is -2.12. The van der Waals surface area contributed by atoms with Crippen LogP contribution in [0.3, 0.4) is 0 Å². The number of hydrogen-bond donors (Lipinski definition) is 2. The quantitative estimate of drug-likeness (QED) is 0.864. The molecule has 7 nitrogen and oxygen atoms in total. The first-order valence-corrected chi connectivity index (χ1v) is 8.30. The Morgan fingerprint density at radius 1 is 1.21 bits per heavy atom. The smallest absolute Gasteiger partial charge is 0.329 e. The van der Waals surface area contributed by atoms with Crippen LogP contribution in [0.25, 0.3) is 0 Å². The Kier molecular flexibility index (Phi) is 5.01. The van der Waals surface area contributed by atoms with Gasteiger partial charge in [0, 0.05) is 31.7 Å². The summed E-state index contributed by atoms with van der Waals surface area (Å²) in [7, 11) is 0. The molecule has 0 radical (unpaired) electrons. The van der Waals surface area contributed by atoms with Crippen molar-refractivity contribution >= 4 is 17.6 Å². The van der Waals surface area contributed by atoms with E-state index in [0.29, 0.717) is 39.3 Å². The molecule has 2 aliphatic heterocycles. The number of carbonyl (C=O) groups excluding carboxylic acids is 2. The lowest BCUT2D eigenvalue weighted by molar-refractivity contribution is -0.117. The number of hydrogen-bond acceptors (Lipinski definition) is 4. The number of nitrogens with one attached hydrogen (secondary N) is 2. The van der Waals surface area contributed by atoms with Crippen molar-refractivity contribution in [3.63, 3.8) is 0 Å². The van der Waals surface area contributed by atoms with Gasteiger partial charge >= 0.3 is 6.03 Å². The van der Waals surface area contributed by atoms with E-state index in [0.717, 1.165) is 11.3 Å². The van der Waals surface area contributed by atoms with E-state index in [2.05, 4.69) is 10.7 Å². The lowest BCUT2D eigenvalue weighted by Crippen LogP contribution is -2.53. The lowest BCUT2D eigenvalue weighted by atomic mass is 10.1. The largest absolute Gasteiger partial charge is 0.379 e. The Balaban J connectivity index is 1.56. The van der Waals surface area contributed by atoms with Crippen molar-refractivity contribution in [3.05, 3.63) is 29.3 Å². The summed E-state index contributed by atoms with van der Waals surface area (Å²) >= 11 is 0. The normalized spacial score (nSPS) is 21.8. The summed E-state index contributed by atoms with van der Waals surface area (Å²) in [5.74, 6) is 0.0370. The number of nitrogens with zero attached hydrogens (tertiary/aromatic N) is 2. The SMILES string of the molecule is Cc1ccc(N2C[C@@H](NC(=O)NN3CCOCC3)CC2=O)cc1C. The molecule has 0 aliphatic carbocycles. The standard InChI is InChI=1S/C17H24N4O3/c1-12-3-4-15(9-13(12)2)21-11-14(10-16(21)22)18-17(23)19-20-5-7-24-8-6-20/h3-4,9,14H,5-8,10-11H2,1-2H3,(H2,18,19,23)/t14-/m0/s1. The van der Waals surface area contributed by atoms with Crippen molar-refractivity contribution in [1.29, 1.82) is 0 Å². The Morgan fingerprint density at radius 3 is 2.67 bits per heavy atom. The van der Waals surface area contributed by atoms with Gasteiger partial charge < -0.3 is 15.0 Å². The highest BCUT2D eigenvalue weighted by Crippen LogP contribution is 2.24. The topological polar surface area (TPSA) is 73.9 Å². The number of ether oxygens (including phenoxy) is 1. The summed E-state index contributed by atoms with van der Waals surface area (Å²) < 4.78 is 5.25. The highest BCUT2D eigenvalue weighted by atomic mass is 16.5. The summed E-state index contributed by atoms with van der Waals surface area (Å²) in [4.78, 5) is 26.1. The minimum Gasteiger partial charge on any atom is -0.379 e. The third-order valence-electron chi connectivity index (χ3n) is 4.53. The molecule has 2 N–H and O–H groups in total. The predicted octanol–water partition coefficient (Wildman–Crippen LogP) is 0.955. The number of urea groups is 1. The van der Waals surface area contributed by atoms with Crippen LogP contribution in [0, 0.1) is 13.8 Å². The molecule has 0 saturated carbocycles. The number of benzene rings is 1. The molecule has 2 heterocycles. The van der Waals surface area contributed by atoms with E-state index in [1.807, 2.05) is 37.1 Å². The molecule has 1 aromatic rings. The second kappa shape index (κ2) is 7.19. The van der Waals surface area contributed by atoms with Crippen molar-refractivity contribution in [2.75, 3.05) is 37.7 Å². The average molecular weight is 332 g/mol. The third kappa shape index (κ3) is 3.85. The van der Waals surface area contributed by atoms with Crippen LogP contribution >= 0.6 is 0 Å². The molecule has 1 aromatic carbocycles.